The maximum atomic E-state index is 10.5. The summed E-state index contributed by atoms with van der Waals surface area (Å²) in [6, 6.07) is 0. The Kier molecular flexibility index (Phi) is 4.26. The van der Waals surface area contributed by atoms with Gasteiger partial charge in [0.1, 0.15) is 0 Å². The van der Waals surface area contributed by atoms with Gasteiger partial charge in [0.2, 0.25) is 0 Å². The lowest BCUT2D eigenvalue weighted by molar-refractivity contribution is -0.0146. The van der Waals surface area contributed by atoms with Crippen molar-refractivity contribution in [1.82, 2.24) is 20.3 Å². The van der Waals surface area contributed by atoms with E-state index in [9.17, 15) is 5.11 Å². The van der Waals surface area contributed by atoms with Gasteiger partial charge in [0.15, 0.2) is 0 Å². The van der Waals surface area contributed by atoms with Crippen molar-refractivity contribution in [3.05, 3.63) is 11.9 Å². The highest BCUT2D eigenvalue weighted by Gasteiger charge is 2.30. The molecule has 19 heavy (non-hydrogen) atoms. The molecule has 0 unspecified atom stereocenters. The number of aliphatic hydroxyl groups is 1. The van der Waals surface area contributed by atoms with E-state index in [0.29, 0.717) is 13.1 Å². The van der Waals surface area contributed by atoms with E-state index < -0.39 is 5.60 Å². The van der Waals surface area contributed by atoms with E-state index in [4.69, 9.17) is 0 Å². The zero-order valence-electron chi connectivity index (χ0n) is 12.3. The maximum Gasteiger partial charge on any atom is 0.0965 e. The van der Waals surface area contributed by atoms with Crippen LogP contribution >= 0.6 is 0 Å². The minimum absolute atomic E-state index is 0.0748. The van der Waals surface area contributed by atoms with Crippen LogP contribution in [0.25, 0.3) is 0 Å². The van der Waals surface area contributed by atoms with Crippen molar-refractivity contribution in [2.45, 2.75) is 77.1 Å². The van der Waals surface area contributed by atoms with Gasteiger partial charge in [0, 0.05) is 18.3 Å². The van der Waals surface area contributed by atoms with E-state index in [-0.39, 0.29) is 5.54 Å². The molecular weight excluding hydrogens is 240 g/mol. The average Bonchev–Trinajstić information content (AvgIpc) is 2.73. The molecular formula is C14H26N4O. The molecule has 1 aromatic heterocycles. The van der Waals surface area contributed by atoms with E-state index >= 15 is 0 Å². The third-order valence-corrected chi connectivity index (χ3v) is 3.63. The predicted molar refractivity (Wildman–Crippen MR) is 74.6 cm³/mol. The van der Waals surface area contributed by atoms with Crippen molar-refractivity contribution in [2.24, 2.45) is 0 Å². The molecule has 0 atom stereocenters. The van der Waals surface area contributed by atoms with Gasteiger partial charge in [0.25, 0.3) is 0 Å². The van der Waals surface area contributed by atoms with E-state index in [1.54, 1.807) is 4.68 Å². The molecule has 1 aliphatic rings. The molecule has 1 saturated carbocycles. The minimum atomic E-state index is -0.583. The summed E-state index contributed by atoms with van der Waals surface area (Å²) >= 11 is 0. The number of rotatable bonds is 4. The highest BCUT2D eigenvalue weighted by Crippen LogP contribution is 2.29. The topological polar surface area (TPSA) is 63.0 Å². The fourth-order valence-electron chi connectivity index (χ4n) is 2.52. The number of hydrogen-bond acceptors (Lipinski definition) is 4. The molecule has 0 spiro atoms. The molecule has 1 heterocycles. The summed E-state index contributed by atoms with van der Waals surface area (Å²) in [7, 11) is 0. The maximum absolute atomic E-state index is 10.5. The van der Waals surface area contributed by atoms with Gasteiger partial charge in [-0.1, -0.05) is 24.5 Å². The Labute approximate surface area is 115 Å². The van der Waals surface area contributed by atoms with Crippen molar-refractivity contribution >= 4 is 0 Å². The Balaban J connectivity index is 1.90. The van der Waals surface area contributed by atoms with Crippen LogP contribution in [0.15, 0.2) is 6.20 Å². The summed E-state index contributed by atoms with van der Waals surface area (Å²) in [4.78, 5) is 0. The molecule has 0 amide bonds. The Morgan fingerprint density at radius 3 is 2.63 bits per heavy atom. The lowest BCUT2D eigenvalue weighted by atomic mass is 9.85. The van der Waals surface area contributed by atoms with Gasteiger partial charge < -0.3 is 10.4 Å². The first-order chi connectivity index (χ1) is 8.86. The van der Waals surface area contributed by atoms with E-state index in [1.807, 2.05) is 6.20 Å². The van der Waals surface area contributed by atoms with Crippen molar-refractivity contribution in [2.75, 3.05) is 0 Å². The third-order valence-electron chi connectivity index (χ3n) is 3.63. The van der Waals surface area contributed by atoms with Crippen LogP contribution in [-0.2, 0) is 13.1 Å². The quantitative estimate of drug-likeness (QED) is 0.873. The number of nitrogens with zero attached hydrogens (tertiary/aromatic N) is 3. The molecule has 0 aromatic carbocycles. The molecule has 5 nitrogen and oxygen atoms in total. The third kappa shape index (κ3) is 4.58. The zero-order valence-corrected chi connectivity index (χ0v) is 12.3. The Hall–Kier alpha value is -0.940. The largest absolute Gasteiger partial charge is 0.388 e. The first-order valence-electron chi connectivity index (χ1n) is 7.23. The van der Waals surface area contributed by atoms with Crippen LogP contribution in [0.1, 0.15) is 58.6 Å². The molecule has 2 rings (SSSR count). The molecule has 1 fully saturated rings. The summed E-state index contributed by atoms with van der Waals surface area (Å²) in [6.45, 7) is 7.66. The Morgan fingerprint density at radius 1 is 1.32 bits per heavy atom. The van der Waals surface area contributed by atoms with Crippen LogP contribution < -0.4 is 5.32 Å². The SMILES string of the molecule is CC(C)(C)NCc1cn(CC2(O)CCCCC2)nn1. The second kappa shape index (κ2) is 5.59. The molecule has 2 N–H and O–H groups in total. The summed E-state index contributed by atoms with van der Waals surface area (Å²) in [6.07, 6.45) is 7.16. The van der Waals surface area contributed by atoms with Gasteiger partial charge in [0.05, 0.1) is 17.8 Å². The van der Waals surface area contributed by atoms with Crippen molar-refractivity contribution in [1.29, 1.82) is 0 Å². The minimum Gasteiger partial charge on any atom is -0.388 e. The number of hydrogen-bond donors (Lipinski definition) is 2. The van der Waals surface area contributed by atoms with Crippen LogP contribution in [0.3, 0.4) is 0 Å². The van der Waals surface area contributed by atoms with Crippen LogP contribution in [0.2, 0.25) is 0 Å². The Morgan fingerprint density at radius 2 is 2.00 bits per heavy atom. The smallest absolute Gasteiger partial charge is 0.0965 e. The number of nitrogens with one attached hydrogen (secondary N) is 1. The first kappa shape index (κ1) is 14.5. The van der Waals surface area contributed by atoms with Gasteiger partial charge in [-0.15, -0.1) is 5.10 Å². The fraction of sp³-hybridized carbons (Fsp3) is 0.857. The lowest BCUT2D eigenvalue weighted by Gasteiger charge is -2.31. The molecule has 0 saturated heterocycles. The monoisotopic (exact) mass is 266 g/mol. The predicted octanol–water partition coefficient (Wildman–Crippen LogP) is 1.86. The molecule has 0 bridgehead atoms. The van der Waals surface area contributed by atoms with Crippen molar-refractivity contribution in [3.8, 4) is 0 Å². The first-order valence-corrected chi connectivity index (χ1v) is 7.23. The van der Waals surface area contributed by atoms with Gasteiger partial charge in [-0.2, -0.15) is 0 Å². The van der Waals surface area contributed by atoms with E-state index in [0.717, 1.165) is 31.4 Å². The molecule has 5 heteroatoms. The highest BCUT2D eigenvalue weighted by molar-refractivity contribution is 4.94. The van der Waals surface area contributed by atoms with Gasteiger partial charge in [-0.25, -0.2) is 4.68 Å². The molecule has 108 valence electrons. The average molecular weight is 266 g/mol. The van der Waals surface area contributed by atoms with Crippen molar-refractivity contribution in [3.63, 3.8) is 0 Å². The summed E-state index contributed by atoms with van der Waals surface area (Å²) in [5, 5.41) is 22.2. The summed E-state index contributed by atoms with van der Waals surface area (Å²) in [5.41, 5.74) is 0.417. The van der Waals surface area contributed by atoms with Crippen LogP contribution in [0.4, 0.5) is 0 Å². The normalized spacial score (nSPS) is 19.6. The zero-order chi connectivity index (χ0) is 13.9. The van der Waals surface area contributed by atoms with Gasteiger partial charge in [-0.05, 0) is 33.6 Å². The molecule has 1 aromatic rings. The van der Waals surface area contributed by atoms with E-state index in [2.05, 4.69) is 36.4 Å². The van der Waals surface area contributed by atoms with Crippen LogP contribution in [0, 0.1) is 0 Å². The molecule has 1 aliphatic carbocycles. The second-order valence-corrected chi connectivity index (χ2v) is 6.80. The van der Waals surface area contributed by atoms with Gasteiger partial charge in [-0.3, -0.25) is 0 Å². The lowest BCUT2D eigenvalue weighted by Crippen LogP contribution is -2.36. The van der Waals surface area contributed by atoms with Crippen LogP contribution in [-0.4, -0.2) is 31.2 Å². The molecule has 0 radical (unpaired) electrons. The number of aromatic nitrogens is 3. The fourth-order valence-corrected chi connectivity index (χ4v) is 2.52. The summed E-state index contributed by atoms with van der Waals surface area (Å²) in [5.74, 6) is 0. The summed E-state index contributed by atoms with van der Waals surface area (Å²) < 4.78 is 1.78. The van der Waals surface area contributed by atoms with E-state index in [1.165, 1.54) is 6.42 Å². The molecule has 0 aliphatic heterocycles. The van der Waals surface area contributed by atoms with Gasteiger partial charge >= 0.3 is 0 Å². The van der Waals surface area contributed by atoms with Crippen LogP contribution in [0.5, 0.6) is 0 Å². The second-order valence-electron chi connectivity index (χ2n) is 6.80. The Bertz CT molecular complexity index is 402. The standard InChI is InChI=1S/C14H26N4O/c1-13(2,3)15-9-12-10-18(17-16-12)11-14(19)7-5-4-6-8-14/h10,15,19H,4-9,11H2,1-3H3. The highest BCUT2D eigenvalue weighted by atomic mass is 16.3. The van der Waals surface area contributed by atoms with Crippen molar-refractivity contribution < 1.29 is 5.11 Å².